The van der Waals surface area contributed by atoms with Crippen LogP contribution in [0.3, 0.4) is 0 Å². The topological polar surface area (TPSA) is 41.1 Å². The van der Waals surface area contributed by atoms with E-state index in [0.717, 1.165) is 27.7 Å². The molecule has 0 aliphatic rings. The minimum Gasteiger partial charge on any atom is -0.324 e. The lowest BCUT2D eigenvalue weighted by Crippen LogP contribution is -2.31. The fraction of sp³-hybridized carbons (Fsp3) is 0.316. The van der Waals surface area contributed by atoms with Crippen molar-refractivity contribution < 1.29 is 4.79 Å². The number of aryl methyl sites for hydroxylation is 2. The molecule has 0 fully saturated rings. The molecule has 2 aromatic rings. The van der Waals surface area contributed by atoms with Gasteiger partial charge in [-0.05, 0) is 49.1 Å². The molecule has 3 nitrogen and oxygen atoms in total. The number of carbonyl (C=O) groups excluding carboxylic acids is 1. The second-order valence-corrected chi connectivity index (χ2v) is 6.62. The van der Waals surface area contributed by atoms with Gasteiger partial charge in [-0.25, -0.2) is 0 Å². The summed E-state index contributed by atoms with van der Waals surface area (Å²) < 4.78 is 1.06. The zero-order valence-electron chi connectivity index (χ0n) is 13.8. The zero-order chi connectivity index (χ0) is 16.8. The van der Waals surface area contributed by atoms with Gasteiger partial charge in [-0.15, -0.1) is 0 Å². The highest BCUT2D eigenvalue weighted by Gasteiger charge is 2.12. The van der Waals surface area contributed by atoms with Gasteiger partial charge in [0.25, 0.3) is 0 Å². The number of rotatable bonds is 6. The molecule has 122 valence electrons. The number of carbonyl (C=O) groups is 1. The minimum absolute atomic E-state index is 0.0158. The molecule has 0 spiro atoms. The van der Waals surface area contributed by atoms with Crippen LogP contribution >= 0.6 is 15.9 Å². The van der Waals surface area contributed by atoms with E-state index in [4.69, 9.17) is 0 Å². The Hall–Kier alpha value is -1.65. The molecule has 2 N–H and O–H groups in total. The highest BCUT2D eigenvalue weighted by atomic mass is 79.9. The number of benzene rings is 2. The Bertz CT molecular complexity index is 647. The van der Waals surface area contributed by atoms with E-state index in [-0.39, 0.29) is 11.9 Å². The van der Waals surface area contributed by atoms with Gasteiger partial charge in [0.05, 0.1) is 6.54 Å². The summed E-state index contributed by atoms with van der Waals surface area (Å²) in [5.74, 6) is -0.0158. The highest BCUT2D eigenvalue weighted by Crippen LogP contribution is 2.20. The number of hydrogen-bond donors (Lipinski definition) is 2. The van der Waals surface area contributed by atoms with Crippen LogP contribution in [0.1, 0.15) is 36.1 Å². The molecule has 1 atom stereocenters. The zero-order valence-corrected chi connectivity index (χ0v) is 15.4. The summed E-state index contributed by atoms with van der Waals surface area (Å²) in [6, 6.07) is 14.4. The largest absolute Gasteiger partial charge is 0.324 e. The van der Waals surface area contributed by atoms with Crippen LogP contribution in [0.4, 0.5) is 5.69 Å². The average Bonchev–Trinajstić information content (AvgIpc) is 2.53. The molecule has 0 radical (unpaired) electrons. The Balaban J connectivity index is 1.96. The van der Waals surface area contributed by atoms with Crippen molar-refractivity contribution in [2.75, 3.05) is 11.9 Å². The van der Waals surface area contributed by atoms with Crippen LogP contribution in [-0.4, -0.2) is 12.5 Å². The van der Waals surface area contributed by atoms with Gasteiger partial charge < -0.3 is 10.6 Å². The van der Waals surface area contributed by atoms with Crippen molar-refractivity contribution >= 4 is 27.5 Å². The van der Waals surface area contributed by atoms with E-state index in [9.17, 15) is 4.79 Å². The Morgan fingerprint density at radius 3 is 2.26 bits per heavy atom. The molecule has 0 heterocycles. The second-order valence-electron chi connectivity index (χ2n) is 5.71. The van der Waals surface area contributed by atoms with E-state index < -0.39 is 0 Å². The summed E-state index contributed by atoms with van der Waals surface area (Å²) in [4.78, 5) is 12.2. The molecule has 0 aromatic heterocycles. The van der Waals surface area contributed by atoms with Crippen molar-refractivity contribution in [1.82, 2.24) is 5.32 Å². The number of nitrogens with one attached hydrogen (secondary N) is 2. The Kier molecular flexibility index (Phi) is 6.37. The Morgan fingerprint density at radius 2 is 1.70 bits per heavy atom. The van der Waals surface area contributed by atoms with Crippen LogP contribution in [-0.2, 0) is 4.79 Å². The van der Waals surface area contributed by atoms with Crippen molar-refractivity contribution in [2.45, 2.75) is 33.2 Å². The van der Waals surface area contributed by atoms with Crippen LogP contribution in [0.2, 0.25) is 0 Å². The first-order chi connectivity index (χ1) is 11.0. The molecule has 0 unspecified atom stereocenters. The fourth-order valence-corrected chi connectivity index (χ4v) is 2.87. The predicted octanol–water partition coefficient (Wildman–Crippen LogP) is 4.75. The summed E-state index contributed by atoms with van der Waals surface area (Å²) in [7, 11) is 0. The smallest absolute Gasteiger partial charge is 0.238 e. The maximum absolute atomic E-state index is 12.2. The lowest BCUT2D eigenvalue weighted by Gasteiger charge is -2.18. The van der Waals surface area contributed by atoms with E-state index in [1.165, 1.54) is 5.56 Å². The molecule has 0 saturated heterocycles. The minimum atomic E-state index is -0.0158. The van der Waals surface area contributed by atoms with Gasteiger partial charge in [0.15, 0.2) is 0 Å². The van der Waals surface area contributed by atoms with Crippen LogP contribution in [0.15, 0.2) is 46.9 Å². The van der Waals surface area contributed by atoms with Crippen LogP contribution in [0, 0.1) is 13.8 Å². The highest BCUT2D eigenvalue weighted by molar-refractivity contribution is 9.10. The molecule has 0 bridgehead atoms. The maximum Gasteiger partial charge on any atom is 0.238 e. The monoisotopic (exact) mass is 374 g/mol. The van der Waals surface area contributed by atoms with Crippen molar-refractivity contribution in [2.24, 2.45) is 0 Å². The number of halogens is 1. The van der Waals surface area contributed by atoms with Crippen LogP contribution < -0.4 is 10.6 Å². The maximum atomic E-state index is 12.2. The number of amides is 1. The van der Waals surface area contributed by atoms with E-state index in [0.29, 0.717) is 6.54 Å². The first-order valence-electron chi connectivity index (χ1n) is 7.86. The van der Waals surface area contributed by atoms with Gasteiger partial charge in [-0.2, -0.15) is 0 Å². The second kappa shape index (κ2) is 8.27. The lowest BCUT2D eigenvalue weighted by atomic mass is 10.0. The van der Waals surface area contributed by atoms with Crippen molar-refractivity contribution in [3.63, 3.8) is 0 Å². The quantitative estimate of drug-likeness (QED) is 0.765. The average molecular weight is 375 g/mol. The molecule has 2 rings (SSSR count). The third kappa shape index (κ3) is 4.91. The van der Waals surface area contributed by atoms with Gasteiger partial charge in [0.2, 0.25) is 5.91 Å². The molecule has 4 heteroatoms. The van der Waals surface area contributed by atoms with E-state index in [1.807, 2.05) is 44.2 Å². The summed E-state index contributed by atoms with van der Waals surface area (Å²) in [5.41, 5.74) is 4.27. The summed E-state index contributed by atoms with van der Waals surface area (Å²) in [5, 5.41) is 6.35. The Morgan fingerprint density at radius 1 is 1.09 bits per heavy atom. The van der Waals surface area contributed by atoms with Gasteiger partial charge in [0.1, 0.15) is 0 Å². The molecular formula is C19H23BrN2O. The van der Waals surface area contributed by atoms with E-state index >= 15 is 0 Å². The van der Waals surface area contributed by atoms with Crippen LogP contribution in [0.5, 0.6) is 0 Å². The number of para-hydroxylation sites is 1. The molecule has 0 saturated carbocycles. The van der Waals surface area contributed by atoms with E-state index in [2.05, 4.69) is 45.6 Å². The van der Waals surface area contributed by atoms with Gasteiger partial charge in [-0.1, -0.05) is 53.2 Å². The van der Waals surface area contributed by atoms with E-state index in [1.54, 1.807) is 0 Å². The SMILES string of the molecule is CC[C@H](NCC(=O)Nc1c(C)cccc1C)c1ccc(Br)cc1. The van der Waals surface area contributed by atoms with Gasteiger partial charge in [0, 0.05) is 16.2 Å². The lowest BCUT2D eigenvalue weighted by molar-refractivity contribution is -0.115. The van der Waals surface area contributed by atoms with Crippen LogP contribution in [0.25, 0.3) is 0 Å². The first-order valence-corrected chi connectivity index (χ1v) is 8.65. The summed E-state index contributed by atoms with van der Waals surface area (Å²) >= 11 is 3.44. The van der Waals surface area contributed by atoms with Gasteiger partial charge in [-0.3, -0.25) is 4.79 Å². The molecular weight excluding hydrogens is 352 g/mol. The molecule has 0 aliphatic heterocycles. The third-order valence-electron chi connectivity index (χ3n) is 3.94. The van der Waals surface area contributed by atoms with Gasteiger partial charge >= 0.3 is 0 Å². The summed E-state index contributed by atoms with van der Waals surface area (Å²) in [6.45, 7) is 6.42. The summed E-state index contributed by atoms with van der Waals surface area (Å²) in [6.07, 6.45) is 0.929. The van der Waals surface area contributed by atoms with Crippen molar-refractivity contribution in [1.29, 1.82) is 0 Å². The molecule has 23 heavy (non-hydrogen) atoms. The molecule has 2 aromatic carbocycles. The number of hydrogen-bond acceptors (Lipinski definition) is 2. The van der Waals surface area contributed by atoms with Crippen molar-refractivity contribution in [3.8, 4) is 0 Å². The number of anilines is 1. The Labute approximate surface area is 146 Å². The standard InChI is InChI=1S/C19H23BrN2O/c1-4-17(15-8-10-16(20)11-9-15)21-12-18(23)22-19-13(2)6-5-7-14(19)3/h5-11,17,21H,4,12H2,1-3H3,(H,22,23)/t17-/m0/s1. The third-order valence-corrected chi connectivity index (χ3v) is 4.46. The fourth-order valence-electron chi connectivity index (χ4n) is 2.60. The van der Waals surface area contributed by atoms with Crippen molar-refractivity contribution in [3.05, 3.63) is 63.6 Å². The molecule has 1 amide bonds. The molecule has 0 aliphatic carbocycles. The first kappa shape index (κ1) is 17.7. The normalized spacial score (nSPS) is 12.0. The predicted molar refractivity (Wildman–Crippen MR) is 99.7 cm³/mol.